The second-order valence-electron chi connectivity index (χ2n) is 7.92. The molecule has 0 amide bonds. The Morgan fingerprint density at radius 1 is 1.09 bits per heavy atom. The number of H-pyrrole nitrogens is 1. The number of aromatic amines is 1. The van der Waals surface area contributed by atoms with Crippen molar-refractivity contribution in [2.75, 3.05) is 19.7 Å². The number of nitrogens with one attached hydrogen (secondary N) is 1. The molecular weight excluding hydrogens is 442 g/mol. The van der Waals surface area contributed by atoms with E-state index in [9.17, 15) is 13.2 Å². The monoisotopic (exact) mass is 475 g/mol. The highest BCUT2D eigenvalue weighted by atomic mass is 32.2. The average molecular weight is 476 g/mol. The van der Waals surface area contributed by atoms with Gasteiger partial charge in [0, 0.05) is 19.5 Å². The molecule has 0 bridgehead atoms. The van der Waals surface area contributed by atoms with Crippen molar-refractivity contribution in [2.45, 2.75) is 65.2 Å². The highest BCUT2D eigenvalue weighted by Gasteiger charge is 2.25. The number of fused-ring (bicyclic) bond motifs is 1. The van der Waals surface area contributed by atoms with Crippen LogP contribution in [-0.2, 0) is 16.4 Å². The van der Waals surface area contributed by atoms with Crippen LogP contribution in [0, 0.1) is 6.92 Å². The van der Waals surface area contributed by atoms with Crippen molar-refractivity contribution in [1.82, 2.24) is 23.9 Å². The Bertz CT molecular complexity index is 1270. The summed E-state index contributed by atoms with van der Waals surface area (Å²) in [4.78, 5) is 20.4. The highest BCUT2D eigenvalue weighted by molar-refractivity contribution is 7.89. The molecule has 33 heavy (non-hydrogen) atoms. The Balaban J connectivity index is 2.22. The van der Waals surface area contributed by atoms with E-state index < -0.39 is 10.0 Å². The molecule has 1 aromatic carbocycles. The largest absolute Gasteiger partial charge is 0.493 e. The minimum absolute atomic E-state index is 0.140. The number of imidazole rings is 1. The van der Waals surface area contributed by atoms with Gasteiger partial charge in [0.2, 0.25) is 10.0 Å². The van der Waals surface area contributed by atoms with Crippen LogP contribution < -0.4 is 10.3 Å². The van der Waals surface area contributed by atoms with E-state index >= 15 is 0 Å². The standard InChI is InChI=1S/C23H33N5O4S/c1-6-10-20-24-16(5)21-23(29)25-22(26-28(20)21)18-15-17(11-12-19(18)32-9-4)33(30,31)27(13-7-2)14-8-3/h11-12,15H,6-10,13-14H2,1-5H3,(H,25,26,29). The van der Waals surface area contributed by atoms with Crippen LogP contribution in [0.4, 0.5) is 0 Å². The molecule has 2 aromatic heterocycles. The normalized spacial score (nSPS) is 12.1. The van der Waals surface area contributed by atoms with E-state index in [1.54, 1.807) is 23.6 Å². The first-order valence-electron chi connectivity index (χ1n) is 11.5. The predicted octanol–water partition coefficient (Wildman–Crippen LogP) is 3.55. The smallest absolute Gasteiger partial charge is 0.277 e. The number of ether oxygens (including phenoxy) is 1. The maximum atomic E-state index is 13.4. The molecule has 1 N–H and O–H groups in total. The molecule has 3 aromatic rings. The maximum Gasteiger partial charge on any atom is 0.277 e. The van der Waals surface area contributed by atoms with Crippen LogP contribution in [0.25, 0.3) is 16.9 Å². The van der Waals surface area contributed by atoms with Crippen LogP contribution in [0.3, 0.4) is 0 Å². The molecular formula is C23H33N5O4S. The predicted molar refractivity (Wildman–Crippen MR) is 128 cm³/mol. The Morgan fingerprint density at radius 3 is 2.39 bits per heavy atom. The summed E-state index contributed by atoms with van der Waals surface area (Å²) in [5.74, 6) is 1.38. The summed E-state index contributed by atoms with van der Waals surface area (Å²) in [7, 11) is -3.71. The van der Waals surface area contributed by atoms with Crippen LogP contribution in [-0.4, -0.2) is 52.0 Å². The second kappa shape index (κ2) is 10.5. The van der Waals surface area contributed by atoms with E-state index in [-0.39, 0.29) is 16.3 Å². The molecule has 0 aliphatic carbocycles. The van der Waals surface area contributed by atoms with Crippen LogP contribution >= 0.6 is 0 Å². The lowest BCUT2D eigenvalue weighted by atomic mass is 10.2. The fraction of sp³-hybridized carbons (Fsp3) is 0.522. The van der Waals surface area contributed by atoms with Gasteiger partial charge >= 0.3 is 0 Å². The number of hydrogen-bond acceptors (Lipinski definition) is 6. The summed E-state index contributed by atoms with van der Waals surface area (Å²) < 4.78 is 35.5. The van der Waals surface area contributed by atoms with Crippen LogP contribution in [0.15, 0.2) is 27.9 Å². The van der Waals surface area contributed by atoms with Crippen molar-refractivity contribution in [2.24, 2.45) is 0 Å². The zero-order valence-electron chi connectivity index (χ0n) is 20.0. The minimum Gasteiger partial charge on any atom is -0.493 e. The number of aryl methyl sites for hydroxylation is 2. The number of sulfonamides is 1. The van der Waals surface area contributed by atoms with E-state index in [4.69, 9.17) is 4.74 Å². The molecule has 0 unspecified atom stereocenters. The molecule has 0 spiro atoms. The zero-order valence-corrected chi connectivity index (χ0v) is 20.8. The number of rotatable bonds is 11. The van der Waals surface area contributed by atoms with Crippen molar-refractivity contribution in [3.05, 3.63) is 40.1 Å². The number of nitrogens with zero attached hydrogens (tertiary/aromatic N) is 4. The fourth-order valence-corrected chi connectivity index (χ4v) is 5.53. The molecule has 2 heterocycles. The summed E-state index contributed by atoms with van der Waals surface area (Å²) in [6, 6.07) is 4.70. The molecule has 10 heteroatoms. The highest BCUT2D eigenvalue weighted by Crippen LogP contribution is 2.31. The first-order valence-corrected chi connectivity index (χ1v) is 13.0. The molecule has 0 atom stereocenters. The molecule has 3 rings (SSSR count). The molecule has 0 saturated heterocycles. The number of benzene rings is 1. The van der Waals surface area contributed by atoms with E-state index in [0.29, 0.717) is 54.5 Å². The van der Waals surface area contributed by atoms with Gasteiger partial charge < -0.3 is 9.72 Å². The first kappa shape index (κ1) is 24.9. The van der Waals surface area contributed by atoms with Gasteiger partial charge in [0.25, 0.3) is 5.56 Å². The molecule has 0 saturated carbocycles. The zero-order chi connectivity index (χ0) is 24.2. The SMILES string of the molecule is CCCc1nc(C)c2c(=O)[nH]c(-c3cc(S(=O)(=O)N(CCC)CCC)ccc3OCC)nn12. The van der Waals surface area contributed by atoms with E-state index in [2.05, 4.69) is 15.1 Å². The topological polar surface area (TPSA) is 110 Å². The van der Waals surface area contributed by atoms with Gasteiger partial charge in [-0.05, 0) is 51.3 Å². The van der Waals surface area contributed by atoms with E-state index in [1.165, 1.54) is 10.4 Å². The number of hydrogen-bond donors (Lipinski definition) is 1. The third-order valence-electron chi connectivity index (χ3n) is 5.31. The van der Waals surface area contributed by atoms with Crippen molar-refractivity contribution >= 4 is 15.5 Å². The first-order chi connectivity index (χ1) is 15.8. The van der Waals surface area contributed by atoms with Crippen LogP contribution in [0.1, 0.15) is 58.5 Å². The van der Waals surface area contributed by atoms with Gasteiger partial charge in [-0.1, -0.05) is 20.8 Å². The Kier molecular flexibility index (Phi) is 7.91. The quantitative estimate of drug-likeness (QED) is 0.454. The van der Waals surface area contributed by atoms with Crippen molar-refractivity contribution in [3.63, 3.8) is 0 Å². The lowest BCUT2D eigenvalue weighted by Gasteiger charge is -2.21. The molecule has 0 fully saturated rings. The summed E-state index contributed by atoms with van der Waals surface area (Å²) in [6.07, 6.45) is 2.95. The minimum atomic E-state index is -3.71. The molecule has 9 nitrogen and oxygen atoms in total. The summed E-state index contributed by atoms with van der Waals surface area (Å²) in [5.41, 5.74) is 1.08. The fourth-order valence-electron chi connectivity index (χ4n) is 3.88. The van der Waals surface area contributed by atoms with Gasteiger partial charge in [-0.25, -0.2) is 17.9 Å². The number of aromatic nitrogens is 4. The van der Waals surface area contributed by atoms with Crippen LogP contribution in [0.5, 0.6) is 5.75 Å². The van der Waals surface area contributed by atoms with E-state index in [1.807, 2.05) is 27.7 Å². The average Bonchev–Trinajstić information content (AvgIpc) is 3.10. The molecule has 0 aliphatic heterocycles. The van der Waals surface area contributed by atoms with Crippen LogP contribution in [0.2, 0.25) is 0 Å². The maximum absolute atomic E-state index is 13.4. The Morgan fingerprint density at radius 2 is 1.79 bits per heavy atom. The van der Waals surface area contributed by atoms with Gasteiger partial charge in [0.1, 0.15) is 11.6 Å². The van der Waals surface area contributed by atoms with Gasteiger partial charge in [-0.3, -0.25) is 4.79 Å². The lowest BCUT2D eigenvalue weighted by Crippen LogP contribution is -2.32. The van der Waals surface area contributed by atoms with E-state index in [0.717, 1.165) is 19.3 Å². The van der Waals surface area contributed by atoms with Gasteiger partial charge in [0.05, 0.1) is 22.8 Å². The summed E-state index contributed by atoms with van der Waals surface area (Å²) in [5, 5.41) is 4.64. The van der Waals surface area contributed by atoms with Crippen molar-refractivity contribution in [3.8, 4) is 17.1 Å². The molecule has 0 radical (unpaired) electrons. The summed E-state index contributed by atoms with van der Waals surface area (Å²) in [6.45, 7) is 10.8. The van der Waals surface area contributed by atoms with Crippen molar-refractivity contribution in [1.29, 1.82) is 0 Å². The van der Waals surface area contributed by atoms with Crippen molar-refractivity contribution < 1.29 is 13.2 Å². The third-order valence-corrected chi connectivity index (χ3v) is 7.20. The molecule has 0 aliphatic rings. The Labute approximate surface area is 194 Å². The van der Waals surface area contributed by atoms with Gasteiger partial charge in [-0.15, -0.1) is 5.10 Å². The van der Waals surface area contributed by atoms with Gasteiger partial charge in [0.15, 0.2) is 11.3 Å². The third kappa shape index (κ3) is 4.96. The van der Waals surface area contributed by atoms with Gasteiger partial charge in [-0.2, -0.15) is 4.31 Å². The summed E-state index contributed by atoms with van der Waals surface area (Å²) >= 11 is 0. The molecule has 180 valence electrons. The Hall–Kier alpha value is -2.72. The lowest BCUT2D eigenvalue weighted by molar-refractivity contribution is 0.341. The second-order valence-corrected chi connectivity index (χ2v) is 9.86.